The topological polar surface area (TPSA) is 4.93 Å². The van der Waals surface area contributed by atoms with Crippen molar-refractivity contribution in [2.24, 2.45) is 0 Å². The summed E-state index contributed by atoms with van der Waals surface area (Å²) < 4.78 is 2.38. The van der Waals surface area contributed by atoms with Crippen LogP contribution in [-0.2, 0) is 0 Å². The summed E-state index contributed by atoms with van der Waals surface area (Å²) in [5.41, 5.74) is 14.0. The van der Waals surface area contributed by atoms with Gasteiger partial charge in [-0.1, -0.05) is 133 Å². The zero-order valence-corrected chi connectivity index (χ0v) is 24.5. The van der Waals surface area contributed by atoms with Gasteiger partial charge in [0.1, 0.15) is 0 Å². The lowest BCUT2D eigenvalue weighted by Gasteiger charge is -2.15. The SMILES string of the molecule is c1ccc(-n2c3ccccc3c3cc(-c4ccc(-c5ccc6c7c(cccc57)-c5ccccc5-6)c5ccccc45)ccc32)cc1. The summed E-state index contributed by atoms with van der Waals surface area (Å²) in [7, 11) is 0. The molecule has 0 saturated heterocycles. The van der Waals surface area contributed by atoms with Crippen LogP contribution in [-0.4, -0.2) is 4.57 Å². The number of para-hydroxylation sites is 2. The first kappa shape index (κ1) is 24.5. The quantitative estimate of drug-likeness (QED) is 0.199. The van der Waals surface area contributed by atoms with Gasteiger partial charge in [-0.3, -0.25) is 0 Å². The first-order valence-electron chi connectivity index (χ1n) is 15.6. The fraction of sp³-hybridized carbons (Fsp3) is 0. The molecule has 45 heavy (non-hydrogen) atoms. The molecule has 10 rings (SSSR count). The molecule has 8 aromatic carbocycles. The smallest absolute Gasteiger partial charge is 0.0541 e. The minimum atomic E-state index is 1.18. The molecule has 208 valence electrons. The molecule has 0 aliphatic heterocycles. The van der Waals surface area contributed by atoms with Gasteiger partial charge in [-0.15, -0.1) is 0 Å². The Morgan fingerprint density at radius 3 is 1.62 bits per heavy atom. The number of rotatable bonds is 3. The number of fused-ring (bicyclic) bond motifs is 7. The number of aromatic nitrogens is 1. The van der Waals surface area contributed by atoms with Crippen LogP contribution in [0.3, 0.4) is 0 Å². The molecule has 0 N–H and O–H groups in total. The Morgan fingerprint density at radius 2 is 0.822 bits per heavy atom. The summed E-state index contributed by atoms with van der Waals surface area (Å²) >= 11 is 0. The summed E-state index contributed by atoms with van der Waals surface area (Å²) in [5.74, 6) is 0. The highest BCUT2D eigenvalue weighted by Gasteiger charge is 2.23. The predicted octanol–water partition coefficient (Wildman–Crippen LogP) is 12.1. The van der Waals surface area contributed by atoms with Gasteiger partial charge in [0, 0.05) is 16.5 Å². The number of benzene rings is 8. The van der Waals surface area contributed by atoms with Crippen LogP contribution in [0.2, 0.25) is 0 Å². The molecule has 1 aliphatic rings. The molecular formula is C44H27N. The van der Waals surface area contributed by atoms with Crippen molar-refractivity contribution in [1.82, 2.24) is 4.57 Å². The highest BCUT2D eigenvalue weighted by molar-refractivity contribution is 6.20. The average molecular weight is 570 g/mol. The monoisotopic (exact) mass is 569 g/mol. The molecule has 0 amide bonds. The molecule has 9 aromatic rings. The fourth-order valence-corrected chi connectivity index (χ4v) is 7.82. The number of hydrogen-bond acceptors (Lipinski definition) is 0. The van der Waals surface area contributed by atoms with E-state index in [4.69, 9.17) is 0 Å². The molecule has 0 spiro atoms. The predicted molar refractivity (Wildman–Crippen MR) is 191 cm³/mol. The number of nitrogens with zero attached hydrogens (tertiary/aromatic N) is 1. The second kappa shape index (κ2) is 9.29. The van der Waals surface area contributed by atoms with E-state index in [-0.39, 0.29) is 0 Å². The summed E-state index contributed by atoms with van der Waals surface area (Å²) in [6, 6.07) is 60.2. The molecule has 0 radical (unpaired) electrons. The molecule has 0 atom stereocenters. The van der Waals surface area contributed by atoms with Crippen LogP contribution in [0.15, 0.2) is 164 Å². The van der Waals surface area contributed by atoms with Gasteiger partial charge in [0.25, 0.3) is 0 Å². The highest BCUT2D eigenvalue weighted by atomic mass is 15.0. The van der Waals surface area contributed by atoms with Crippen LogP contribution in [0.25, 0.3) is 93.5 Å². The molecule has 1 heterocycles. The third-order valence-corrected chi connectivity index (χ3v) is 9.76. The van der Waals surface area contributed by atoms with E-state index in [0.717, 1.165) is 0 Å². The van der Waals surface area contributed by atoms with Crippen molar-refractivity contribution >= 4 is 43.4 Å². The van der Waals surface area contributed by atoms with Crippen LogP contribution in [0.5, 0.6) is 0 Å². The third-order valence-electron chi connectivity index (χ3n) is 9.76. The van der Waals surface area contributed by atoms with Gasteiger partial charge in [-0.2, -0.15) is 0 Å². The highest BCUT2D eigenvalue weighted by Crippen LogP contribution is 2.50. The Bertz CT molecular complexity index is 2610. The van der Waals surface area contributed by atoms with Gasteiger partial charge in [0.05, 0.1) is 11.0 Å². The van der Waals surface area contributed by atoms with E-state index in [2.05, 4.69) is 168 Å². The molecule has 1 aromatic heterocycles. The van der Waals surface area contributed by atoms with Crippen LogP contribution < -0.4 is 0 Å². The Balaban J connectivity index is 1.19. The van der Waals surface area contributed by atoms with Gasteiger partial charge < -0.3 is 4.57 Å². The van der Waals surface area contributed by atoms with E-state index in [1.54, 1.807) is 0 Å². The lowest BCUT2D eigenvalue weighted by Crippen LogP contribution is -1.93. The molecule has 0 saturated carbocycles. The van der Waals surface area contributed by atoms with Crippen molar-refractivity contribution in [2.75, 3.05) is 0 Å². The van der Waals surface area contributed by atoms with Crippen LogP contribution in [0.4, 0.5) is 0 Å². The normalized spacial score (nSPS) is 12.0. The first-order chi connectivity index (χ1) is 22.3. The molecule has 1 aliphatic carbocycles. The van der Waals surface area contributed by atoms with Gasteiger partial charge in [-0.25, -0.2) is 0 Å². The summed E-state index contributed by atoms with van der Waals surface area (Å²) in [6.45, 7) is 0. The fourth-order valence-electron chi connectivity index (χ4n) is 7.82. The number of hydrogen-bond donors (Lipinski definition) is 0. The maximum absolute atomic E-state index is 2.38. The van der Waals surface area contributed by atoms with Crippen LogP contribution in [0.1, 0.15) is 0 Å². The lowest BCUT2D eigenvalue weighted by molar-refractivity contribution is 1.18. The third kappa shape index (κ3) is 3.44. The summed E-state index contributed by atoms with van der Waals surface area (Å²) in [6.07, 6.45) is 0. The van der Waals surface area contributed by atoms with E-state index in [0.29, 0.717) is 0 Å². The first-order valence-corrected chi connectivity index (χ1v) is 15.6. The molecule has 1 nitrogen and oxygen atoms in total. The van der Waals surface area contributed by atoms with Crippen LogP contribution in [0, 0.1) is 0 Å². The van der Waals surface area contributed by atoms with Gasteiger partial charge in [-0.05, 0) is 96.4 Å². The van der Waals surface area contributed by atoms with E-state index in [1.165, 1.54) is 93.5 Å². The standard InChI is InChI=1S/C44H27N/c1-2-11-29(12-3-1)45-42-20-9-8-17-37(42)41-27-28(21-26-43(41)45)30-22-23-35(32-14-5-4-13-31(30)32)36-24-25-40-34-16-7-6-15-33(34)38-18-10-19-39(36)44(38)40/h1-27H. The second-order valence-electron chi connectivity index (χ2n) is 12.1. The van der Waals surface area contributed by atoms with Crippen molar-refractivity contribution in [3.8, 4) is 50.2 Å². The molecule has 0 unspecified atom stereocenters. The van der Waals surface area contributed by atoms with Crippen LogP contribution >= 0.6 is 0 Å². The molecular weight excluding hydrogens is 542 g/mol. The van der Waals surface area contributed by atoms with E-state index in [9.17, 15) is 0 Å². The maximum Gasteiger partial charge on any atom is 0.0541 e. The Hall–Kier alpha value is -5.92. The van der Waals surface area contributed by atoms with Gasteiger partial charge in [0.2, 0.25) is 0 Å². The van der Waals surface area contributed by atoms with Gasteiger partial charge >= 0.3 is 0 Å². The zero-order valence-electron chi connectivity index (χ0n) is 24.5. The zero-order chi connectivity index (χ0) is 29.5. The van der Waals surface area contributed by atoms with Crippen molar-refractivity contribution < 1.29 is 0 Å². The van der Waals surface area contributed by atoms with Crippen molar-refractivity contribution in [1.29, 1.82) is 0 Å². The molecule has 1 heteroatoms. The van der Waals surface area contributed by atoms with Crippen molar-refractivity contribution in [2.45, 2.75) is 0 Å². The van der Waals surface area contributed by atoms with E-state index < -0.39 is 0 Å². The van der Waals surface area contributed by atoms with Gasteiger partial charge in [0.15, 0.2) is 0 Å². The minimum absolute atomic E-state index is 1.18. The Labute approximate surface area is 261 Å². The van der Waals surface area contributed by atoms with Crippen molar-refractivity contribution in [3.63, 3.8) is 0 Å². The van der Waals surface area contributed by atoms with E-state index in [1.807, 2.05) is 0 Å². The second-order valence-corrected chi connectivity index (χ2v) is 12.1. The minimum Gasteiger partial charge on any atom is -0.309 e. The van der Waals surface area contributed by atoms with E-state index >= 15 is 0 Å². The largest absolute Gasteiger partial charge is 0.309 e. The summed E-state index contributed by atoms with van der Waals surface area (Å²) in [4.78, 5) is 0. The Morgan fingerprint density at radius 1 is 0.289 bits per heavy atom. The Kier molecular flexibility index (Phi) is 5.06. The van der Waals surface area contributed by atoms with Crippen molar-refractivity contribution in [3.05, 3.63) is 164 Å². The summed E-state index contributed by atoms with van der Waals surface area (Å²) in [5, 5.41) is 7.77. The maximum atomic E-state index is 2.38. The average Bonchev–Trinajstić information content (AvgIpc) is 3.62. The molecule has 0 bridgehead atoms. The molecule has 0 fully saturated rings. The lowest BCUT2D eigenvalue weighted by atomic mass is 9.88.